The maximum Gasteiger partial charge on any atom is 0.306 e. The van der Waals surface area contributed by atoms with Crippen molar-refractivity contribution in [2.45, 2.75) is 70.4 Å². The Hall–Kier alpha value is -3.73. The summed E-state index contributed by atoms with van der Waals surface area (Å²) in [7, 11) is 0. The molecule has 0 radical (unpaired) electrons. The van der Waals surface area contributed by atoms with Crippen molar-refractivity contribution in [1.82, 2.24) is 25.1 Å². The largest absolute Gasteiger partial charge is 0.481 e. The Morgan fingerprint density at radius 1 is 1.09 bits per heavy atom. The second-order valence-electron chi connectivity index (χ2n) is 9.57. The highest BCUT2D eigenvalue weighted by Crippen LogP contribution is 2.38. The van der Waals surface area contributed by atoms with Gasteiger partial charge in [0.05, 0.1) is 29.2 Å². The first kappa shape index (κ1) is 23.0. The monoisotopic (exact) mass is 471 g/mol. The first-order chi connectivity index (χ1) is 17.0. The van der Waals surface area contributed by atoms with Crippen molar-refractivity contribution >= 4 is 22.8 Å². The van der Waals surface area contributed by atoms with Gasteiger partial charge >= 0.3 is 5.97 Å². The fourth-order valence-electron chi connectivity index (χ4n) is 4.89. The molecule has 3 aromatic rings. The summed E-state index contributed by atoms with van der Waals surface area (Å²) in [6, 6.07) is 3.44. The standard InChI is InChI=1S/C27H29N5O3/c1-3-4-17-9-12-22(26(33)31-21-10-7-19(8-11-21)27(34)35)24-23(17)15-30-32(24)16(2)20-13-28-25(29-14-20)18-5-6-18/h9,12-16,18-19,21H,5-8,10-11H2,1-2H3,(H,31,33)(H,34,35)/t16-,19?,21?/m1/s1. The van der Waals surface area contributed by atoms with Crippen LogP contribution < -0.4 is 5.32 Å². The number of hydrogen-bond donors (Lipinski definition) is 2. The molecule has 0 bridgehead atoms. The van der Waals surface area contributed by atoms with Crippen molar-refractivity contribution in [3.8, 4) is 11.8 Å². The summed E-state index contributed by atoms with van der Waals surface area (Å²) in [4.78, 5) is 33.8. The number of hydrogen-bond acceptors (Lipinski definition) is 5. The van der Waals surface area contributed by atoms with Crippen LogP contribution in [0.25, 0.3) is 10.9 Å². The third-order valence-corrected chi connectivity index (χ3v) is 7.16. The summed E-state index contributed by atoms with van der Waals surface area (Å²) < 4.78 is 1.85. The number of nitrogens with one attached hydrogen (secondary N) is 1. The minimum atomic E-state index is -0.754. The Balaban J connectivity index is 1.46. The lowest BCUT2D eigenvalue weighted by atomic mass is 9.86. The number of carbonyl (C=O) groups excluding carboxylic acids is 1. The number of fused-ring (bicyclic) bond motifs is 1. The zero-order valence-electron chi connectivity index (χ0n) is 20.0. The molecule has 0 aliphatic heterocycles. The molecule has 2 N–H and O–H groups in total. The molecule has 5 rings (SSSR count). The Kier molecular flexibility index (Phi) is 6.25. The molecule has 0 saturated heterocycles. The molecule has 8 nitrogen and oxygen atoms in total. The van der Waals surface area contributed by atoms with Gasteiger partial charge in [-0.05, 0) is 64.5 Å². The fraction of sp³-hybridized carbons (Fsp3) is 0.444. The predicted molar refractivity (Wildman–Crippen MR) is 131 cm³/mol. The van der Waals surface area contributed by atoms with Crippen LogP contribution in [0.2, 0.25) is 0 Å². The molecular weight excluding hydrogens is 442 g/mol. The number of rotatable bonds is 6. The zero-order chi connectivity index (χ0) is 24.5. The molecule has 2 aliphatic rings. The fourth-order valence-corrected chi connectivity index (χ4v) is 4.89. The van der Waals surface area contributed by atoms with Crippen molar-refractivity contribution in [3.05, 3.63) is 53.2 Å². The molecule has 0 unspecified atom stereocenters. The Bertz CT molecular complexity index is 1320. The van der Waals surface area contributed by atoms with E-state index in [4.69, 9.17) is 0 Å². The third-order valence-electron chi connectivity index (χ3n) is 7.16. The molecule has 180 valence electrons. The highest BCUT2D eigenvalue weighted by Gasteiger charge is 2.29. The second-order valence-corrected chi connectivity index (χ2v) is 9.57. The van der Waals surface area contributed by atoms with Crippen LogP contribution in [-0.4, -0.2) is 42.8 Å². The van der Waals surface area contributed by atoms with E-state index in [9.17, 15) is 14.7 Å². The number of amides is 1. The highest BCUT2D eigenvalue weighted by atomic mass is 16.4. The molecule has 2 saturated carbocycles. The Labute approximate surface area is 204 Å². The van der Waals surface area contributed by atoms with Crippen LogP contribution in [-0.2, 0) is 4.79 Å². The second kappa shape index (κ2) is 9.49. The van der Waals surface area contributed by atoms with E-state index in [1.54, 1.807) is 19.2 Å². The molecule has 2 fully saturated rings. The number of carboxylic acids is 1. The summed E-state index contributed by atoms with van der Waals surface area (Å²) in [6.45, 7) is 3.81. The first-order valence-electron chi connectivity index (χ1n) is 12.2. The molecule has 35 heavy (non-hydrogen) atoms. The molecule has 1 amide bonds. The van der Waals surface area contributed by atoms with E-state index in [-0.39, 0.29) is 23.9 Å². The van der Waals surface area contributed by atoms with Gasteiger partial charge in [-0.15, -0.1) is 5.92 Å². The molecule has 2 aliphatic carbocycles. The van der Waals surface area contributed by atoms with E-state index < -0.39 is 5.97 Å². The van der Waals surface area contributed by atoms with Crippen LogP contribution in [0.15, 0.2) is 30.7 Å². The lowest BCUT2D eigenvalue weighted by Gasteiger charge is -2.27. The van der Waals surface area contributed by atoms with E-state index in [0.717, 1.165) is 40.7 Å². The number of carboxylic acid groups (broad SMARTS) is 1. The summed E-state index contributed by atoms with van der Waals surface area (Å²) in [5, 5.41) is 17.9. The molecule has 1 aromatic carbocycles. The normalized spacial score (nSPS) is 20.6. The van der Waals surface area contributed by atoms with Crippen LogP contribution in [0.5, 0.6) is 0 Å². The van der Waals surface area contributed by atoms with Gasteiger partial charge in [0.1, 0.15) is 5.82 Å². The van der Waals surface area contributed by atoms with E-state index >= 15 is 0 Å². The minimum absolute atomic E-state index is 0.0413. The number of nitrogens with zero attached hydrogens (tertiary/aromatic N) is 4. The Morgan fingerprint density at radius 2 is 1.80 bits per heavy atom. The summed E-state index contributed by atoms with van der Waals surface area (Å²) in [6.07, 6.45) is 10.2. The quantitative estimate of drug-likeness (QED) is 0.525. The van der Waals surface area contributed by atoms with Crippen LogP contribution in [0, 0.1) is 17.8 Å². The predicted octanol–water partition coefficient (Wildman–Crippen LogP) is 4.06. The number of aliphatic carboxylic acids is 1. The van der Waals surface area contributed by atoms with Crippen molar-refractivity contribution in [2.24, 2.45) is 5.92 Å². The van der Waals surface area contributed by atoms with E-state index in [2.05, 4.69) is 32.2 Å². The number of carbonyl (C=O) groups is 2. The van der Waals surface area contributed by atoms with Crippen molar-refractivity contribution in [3.63, 3.8) is 0 Å². The lowest BCUT2D eigenvalue weighted by Crippen LogP contribution is -2.39. The maximum atomic E-state index is 13.4. The number of aromatic nitrogens is 4. The average molecular weight is 472 g/mol. The zero-order valence-corrected chi connectivity index (χ0v) is 20.0. The van der Waals surface area contributed by atoms with Crippen LogP contribution in [0.4, 0.5) is 0 Å². The van der Waals surface area contributed by atoms with E-state index in [1.807, 2.05) is 30.1 Å². The minimum Gasteiger partial charge on any atom is -0.481 e. The van der Waals surface area contributed by atoms with Crippen LogP contribution in [0.1, 0.15) is 91.6 Å². The van der Waals surface area contributed by atoms with Gasteiger partial charge < -0.3 is 10.4 Å². The van der Waals surface area contributed by atoms with Gasteiger partial charge in [-0.2, -0.15) is 5.10 Å². The summed E-state index contributed by atoms with van der Waals surface area (Å²) in [5.74, 6) is 6.18. The van der Waals surface area contributed by atoms with Crippen molar-refractivity contribution in [2.75, 3.05) is 0 Å². The van der Waals surface area contributed by atoms with Gasteiger partial charge in [0, 0.05) is 40.9 Å². The molecule has 0 spiro atoms. The molecular formula is C27H29N5O3. The van der Waals surface area contributed by atoms with Crippen LogP contribution in [0.3, 0.4) is 0 Å². The average Bonchev–Trinajstić information content (AvgIpc) is 3.62. The third kappa shape index (κ3) is 4.63. The van der Waals surface area contributed by atoms with E-state index in [0.29, 0.717) is 37.2 Å². The van der Waals surface area contributed by atoms with Crippen molar-refractivity contribution < 1.29 is 14.7 Å². The summed E-state index contributed by atoms with van der Waals surface area (Å²) >= 11 is 0. The van der Waals surface area contributed by atoms with Crippen LogP contribution >= 0.6 is 0 Å². The van der Waals surface area contributed by atoms with Gasteiger partial charge in [0.2, 0.25) is 0 Å². The van der Waals surface area contributed by atoms with Gasteiger partial charge in [-0.1, -0.05) is 5.92 Å². The lowest BCUT2D eigenvalue weighted by molar-refractivity contribution is -0.142. The number of benzene rings is 1. The maximum absolute atomic E-state index is 13.4. The van der Waals surface area contributed by atoms with Gasteiger partial charge in [-0.25, -0.2) is 9.97 Å². The van der Waals surface area contributed by atoms with E-state index in [1.165, 1.54) is 0 Å². The van der Waals surface area contributed by atoms with Crippen molar-refractivity contribution in [1.29, 1.82) is 0 Å². The molecule has 2 heterocycles. The molecule has 8 heteroatoms. The van der Waals surface area contributed by atoms with Gasteiger partial charge in [-0.3, -0.25) is 14.3 Å². The first-order valence-corrected chi connectivity index (χ1v) is 12.2. The molecule has 2 aromatic heterocycles. The highest BCUT2D eigenvalue weighted by molar-refractivity contribution is 6.07. The smallest absolute Gasteiger partial charge is 0.306 e. The molecule has 1 atom stereocenters. The summed E-state index contributed by atoms with van der Waals surface area (Å²) in [5.41, 5.74) is 2.99. The van der Waals surface area contributed by atoms with Gasteiger partial charge in [0.25, 0.3) is 5.91 Å². The Morgan fingerprint density at radius 3 is 2.43 bits per heavy atom. The SMILES string of the molecule is CC#Cc1ccc(C(=O)NC2CCC(C(=O)O)CC2)c2c1cnn2[C@H](C)c1cnc(C2CC2)nc1. The van der Waals surface area contributed by atoms with Gasteiger partial charge in [0.15, 0.2) is 0 Å². The topological polar surface area (TPSA) is 110 Å².